The number of piperidine rings is 1. The number of oxime groups is 1. The number of ether oxygens (including phenoxy) is 1. The van der Waals surface area contributed by atoms with Crippen molar-refractivity contribution >= 4 is 17.3 Å². The molecule has 0 bridgehead atoms. The molecule has 1 fully saturated rings. The molecule has 0 radical (unpaired) electrons. The summed E-state index contributed by atoms with van der Waals surface area (Å²) in [4.78, 5) is 14.1. The monoisotopic (exact) mass is 277 g/mol. The van der Waals surface area contributed by atoms with Crippen molar-refractivity contribution < 1.29 is 14.7 Å². The third-order valence-corrected chi connectivity index (χ3v) is 3.32. The molecule has 1 aromatic carbocycles. The molecule has 6 nitrogen and oxygen atoms in total. The average molecular weight is 277 g/mol. The van der Waals surface area contributed by atoms with Crippen LogP contribution in [0.15, 0.2) is 29.4 Å². The van der Waals surface area contributed by atoms with Crippen molar-refractivity contribution in [2.45, 2.75) is 12.8 Å². The quantitative estimate of drug-likeness (QED) is 0.647. The number of anilines is 1. The van der Waals surface area contributed by atoms with Crippen LogP contribution >= 0.6 is 0 Å². The Labute approximate surface area is 118 Å². The summed E-state index contributed by atoms with van der Waals surface area (Å²) in [6, 6.07) is 7.32. The summed E-state index contributed by atoms with van der Waals surface area (Å²) in [5.74, 6) is 0.577. The zero-order chi connectivity index (χ0) is 14.4. The van der Waals surface area contributed by atoms with Gasteiger partial charge in [0.2, 0.25) is 5.91 Å². The molecular formula is C14H19N3O3. The number of hydrogen-bond acceptors (Lipinski definition) is 5. The molecule has 0 aliphatic carbocycles. The zero-order valence-electron chi connectivity index (χ0n) is 11.5. The van der Waals surface area contributed by atoms with E-state index in [1.165, 1.54) is 0 Å². The second kappa shape index (κ2) is 6.91. The van der Waals surface area contributed by atoms with Crippen LogP contribution in [0.1, 0.15) is 12.8 Å². The second-order valence-corrected chi connectivity index (χ2v) is 4.69. The third kappa shape index (κ3) is 3.71. The maximum absolute atomic E-state index is 12.0. The molecule has 0 spiro atoms. The summed E-state index contributed by atoms with van der Waals surface area (Å²) >= 11 is 0. The Kier molecular flexibility index (Phi) is 4.95. The number of rotatable bonds is 4. The molecule has 1 amide bonds. The van der Waals surface area contributed by atoms with Gasteiger partial charge in [-0.15, -0.1) is 0 Å². The fraction of sp³-hybridized carbons (Fsp3) is 0.429. The lowest BCUT2D eigenvalue weighted by molar-refractivity contribution is -0.117. The molecule has 0 aromatic heterocycles. The molecule has 1 heterocycles. The molecular weight excluding hydrogens is 258 g/mol. The number of methoxy groups -OCH3 is 1. The average Bonchev–Trinajstić information content (AvgIpc) is 2.48. The van der Waals surface area contributed by atoms with Crippen molar-refractivity contribution in [2.24, 2.45) is 5.16 Å². The normalized spacial score (nSPS) is 15.8. The highest BCUT2D eigenvalue weighted by atomic mass is 16.5. The van der Waals surface area contributed by atoms with Crippen LogP contribution in [0.2, 0.25) is 0 Å². The minimum absolute atomic E-state index is 0.0705. The predicted octanol–water partition coefficient (Wildman–Crippen LogP) is 1.56. The molecule has 0 unspecified atom stereocenters. The van der Waals surface area contributed by atoms with Gasteiger partial charge in [-0.1, -0.05) is 17.3 Å². The van der Waals surface area contributed by atoms with Crippen LogP contribution in [0.5, 0.6) is 5.75 Å². The molecule has 0 saturated carbocycles. The lowest BCUT2D eigenvalue weighted by Gasteiger charge is -2.26. The number of para-hydroxylation sites is 2. The first-order valence-corrected chi connectivity index (χ1v) is 6.58. The van der Waals surface area contributed by atoms with E-state index in [1.807, 2.05) is 23.1 Å². The van der Waals surface area contributed by atoms with Crippen LogP contribution in [-0.2, 0) is 4.79 Å². The Morgan fingerprint density at radius 2 is 2.10 bits per heavy atom. The first-order chi connectivity index (χ1) is 9.72. The van der Waals surface area contributed by atoms with Gasteiger partial charge in [-0.05, 0) is 12.1 Å². The van der Waals surface area contributed by atoms with E-state index in [2.05, 4.69) is 10.5 Å². The van der Waals surface area contributed by atoms with Crippen LogP contribution in [0, 0.1) is 0 Å². The van der Waals surface area contributed by atoms with Gasteiger partial charge < -0.3 is 15.3 Å². The smallest absolute Gasteiger partial charge is 0.238 e. The van der Waals surface area contributed by atoms with Crippen molar-refractivity contribution in [3.63, 3.8) is 0 Å². The van der Waals surface area contributed by atoms with Crippen molar-refractivity contribution in [1.82, 2.24) is 4.90 Å². The Morgan fingerprint density at radius 1 is 1.40 bits per heavy atom. The van der Waals surface area contributed by atoms with E-state index in [0.29, 0.717) is 30.8 Å². The minimum Gasteiger partial charge on any atom is -0.495 e. The first-order valence-electron chi connectivity index (χ1n) is 6.58. The van der Waals surface area contributed by atoms with E-state index in [1.54, 1.807) is 13.2 Å². The second-order valence-electron chi connectivity index (χ2n) is 4.69. The van der Waals surface area contributed by atoms with Gasteiger partial charge in [0, 0.05) is 25.9 Å². The van der Waals surface area contributed by atoms with Gasteiger partial charge in [0.05, 0.1) is 25.1 Å². The molecule has 1 aliphatic rings. The topological polar surface area (TPSA) is 74.2 Å². The van der Waals surface area contributed by atoms with Crippen molar-refractivity contribution in [3.8, 4) is 5.75 Å². The molecule has 6 heteroatoms. The van der Waals surface area contributed by atoms with Crippen LogP contribution in [0.4, 0.5) is 5.69 Å². The van der Waals surface area contributed by atoms with E-state index in [4.69, 9.17) is 9.94 Å². The number of hydrogen-bond donors (Lipinski definition) is 2. The number of carbonyl (C=O) groups excluding carboxylic acids is 1. The molecule has 1 aliphatic heterocycles. The van der Waals surface area contributed by atoms with Crippen molar-refractivity contribution in [2.75, 3.05) is 32.1 Å². The number of benzene rings is 1. The summed E-state index contributed by atoms with van der Waals surface area (Å²) in [5, 5.41) is 14.8. The highest BCUT2D eigenvalue weighted by Crippen LogP contribution is 2.22. The van der Waals surface area contributed by atoms with Crippen molar-refractivity contribution in [3.05, 3.63) is 24.3 Å². The fourth-order valence-corrected chi connectivity index (χ4v) is 2.21. The number of likely N-dealkylation sites (tertiary alicyclic amines) is 1. The van der Waals surface area contributed by atoms with Gasteiger partial charge in [0.15, 0.2) is 0 Å². The van der Waals surface area contributed by atoms with Gasteiger partial charge in [0.1, 0.15) is 5.75 Å². The molecule has 2 rings (SSSR count). The SMILES string of the molecule is COc1ccccc1NC(=O)CN1CCC(=NO)CC1. The van der Waals surface area contributed by atoms with Crippen LogP contribution < -0.4 is 10.1 Å². The van der Waals surface area contributed by atoms with Crippen LogP contribution in [-0.4, -0.2) is 48.5 Å². The molecule has 108 valence electrons. The van der Waals surface area contributed by atoms with Gasteiger partial charge in [0.25, 0.3) is 0 Å². The summed E-state index contributed by atoms with van der Waals surface area (Å²) in [6.07, 6.45) is 1.41. The van der Waals surface area contributed by atoms with Crippen molar-refractivity contribution in [1.29, 1.82) is 0 Å². The molecule has 1 saturated heterocycles. The number of nitrogens with zero attached hydrogens (tertiary/aromatic N) is 2. The maximum Gasteiger partial charge on any atom is 0.238 e. The Bertz CT molecular complexity index is 492. The molecule has 20 heavy (non-hydrogen) atoms. The number of amides is 1. The third-order valence-electron chi connectivity index (χ3n) is 3.32. The van der Waals surface area contributed by atoms with Crippen LogP contribution in [0.3, 0.4) is 0 Å². The summed E-state index contributed by atoms with van der Waals surface area (Å²) < 4.78 is 5.19. The summed E-state index contributed by atoms with van der Waals surface area (Å²) in [6.45, 7) is 1.80. The lowest BCUT2D eigenvalue weighted by Crippen LogP contribution is -2.39. The summed E-state index contributed by atoms with van der Waals surface area (Å²) in [7, 11) is 1.57. The molecule has 2 N–H and O–H groups in total. The van der Waals surface area contributed by atoms with Gasteiger partial charge in [-0.3, -0.25) is 9.69 Å². The largest absolute Gasteiger partial charge is 0.495 e. The van der Waals surface area contributed by atoms with Crippen LogP contribution in [0.25, 0.3) is 0 Å². The van der Waals surface area contributed by atoms with E-state index in [9.17, 15) is 4.79 Å². The van der Waals surface area contributed by atoms with E-state index < -0.39 is 0 Å². The van der Waals surface area contributed by atoms with E-state index in [0.717, 1.165) is 18.8 Å². The van der Waals surface area contributed by atoms with Gasteiger partial charge in [-0.25, -0.2) is 0 Å². The summed E-state index contributed by atoms with van der Waals surface area (Å²) in [5.41, 5.74) is 1.47. The fourth-order valence-electron chi connectivity index (χ4n) is 2.21. The highest BCUT2D eigenvalue weighted by molar-refractivity contribution is 5.94. The maximum atomic E-state index is 12.0. The van der Waals surface area contributed by atoms with E-state index in [-0.39, 0.29) is 5.91 Å². The Morgan fingerprint density at radius 3 is 2.75 bits per heavy atom. The standard InChI is InChI=1S/C14H19N3O3/c1-20-13-5-3-2-4-12(13)15-14(18)10-17-8-6-11(16-19)7-9-17/h2-5,19H,6-10H2,1H3,(H,15,18). The Balaban J connectivity index is 1.87. The number of carbonyl (C=O) groups is 1. The first kappa shape index (κ1) is 14.3. The Hall–Kier alpha value is -2.08. The van der Waals surface area contributed by atoms with E-state index >= 15 is 0 Å². The zero-order valence-corrected chi connectivity index (χ0v) is 11.5. The predicted molar refractivity (Wildman–Crippen MR) is 76.5 cm³/mol. The molecule has 1 aromatic rings. The minimum atomic E-state index is -0.0705. The highest BCUT2D eigenvalue weighted by Gasteiger charge is 2.18. The van der Waals surface area contributed by atoms with Gasteiger partial charge in [-0.2, -0.15) is 0 Å². The lowest BCUT2D eigenvalue weighted by atomic mass is 10.1. The van der Waals surface area contributed by atoms with Gasteiger partial charge >= 0.3 is 0 Å². The number of nitrogens with one attached hydrogen (secondary N) is 1. The molecule has 0 atom stereocenters.